The van der Waals surface area contributed by atoms with Crippen LogP contribution in [-0.4, -0.2) is 43.4 Å². The first-order valence-electron chi connectivity index (χ1n) is 6.80. The van der Waals surface area contributed by atoms with Crippen LogP contribution in [0, 0.1) is 0 Å². The minimum atomic E-state index is 0.222. The lowest BCUT2D eigenvalue weighted by molar-refractivity contribution is 0.239. The third-order valence-electron chi connectivity index (χ3n) is 3.80. The second-order valence-electron chi connectivity index (χ2n) is 4.99. The minimum Gasteiger partial charge on any atom is -0.497 e. The average molecular weight is 249 g/mol. The molecule has 3 nitrogen and oxygen atoms in total. The number of aliphatic hydroxyl groups is 1. The lowest BCUT2D eigenvalue weighted by atomic mass is 9.96. The van der Waals surface area contributed by atoms with Crippen LogP contribution in [0.3, 0.4) is 0 Å². The Labute approximate surface area is 109 Å². The van der Waals surface area contributed by atoms with Crippen molar-refractivity contribution in [3.05, 3.63) is 29.8 Å². The molecule has 1 aliphatic heterocycles. The Morgan fingerprint density at radius 2 is 1.89 bits per heavy atom. The molecule has 1 unspecified atom stereocenters. The molecule has 2 rings (SSSR count). The highest BCUT2D eigenvalue weighted by Crippen LogP contribution is 2.23. The molecular formula is C15H23NO2. The summed E-state index contributed by atoms with van der Waals surface area (Å²) in [6.07, 6.45) is 3.68. The molecule has 1 atom stereocenters. The second kappa shape index (κ2) is 6.76. The SMILES string of the molecule is COc1ccc(C(CO)CCN2CCCC2)cc1. The van der Waals surface area contributed by atoms with Gasteiger partial charge in [0, 0.05) is 12.5 Å². The Morgan fingerprint density at radius 1 is 1.22 bits per heavy atom. The maximum absolute atomic E-state index is 9.53. The van der Waals surface area contributed by atoms with E-state index < -0.39 is 0 Å². The van der Waals surface area contributed by atoms with Gasteiger partial charge in [-0.3, -0.25) is 0 Å². The predicted molar refractivity (Wildman–Crippen MR) is 73.1 cm³/mol. The summed E-state index contributed by atoms with van der Waals surface area (Å²) < 4.78 is 5.15. The molecule has 1 aromatic carbocycles. The molecule has 1 saturated heterocycles. The lowest BCUT2D eigenvalue weighted by Crippen LogP contribution is -2.23. The smallest absolute Gasteiger partial charge is 0.118 e. The van der Waals surface area contributed by atoms with Crippen molar-refractivity contribution in [2.75, 3.05) is 33.4 Å². The minimum absolute atomic E-state index is 0.222. The fourth-order valence-electron chi connectivity index (χ4n) is 2.58. The number of rotatable bonds is 6. The van der Waals surface area contributed by atoms with Crippen molar-refractivity contribution < 1.29 is 9.84 Å². The Morgan fingerprint density at radius 3 is 2.44 bits per heavy atom. The Bertz CT molecular complexity index is 344. The van der Waals surface area contributed by atoms with Crippen LogP contribution >= 0.6 is 0 Å². The third kappa shape index (κ3) is 3.47. The van der Waals surface area contributed by atoms with Crippen molar-refractivity contribution in [2.45, 2.75) is 25.2 Å². The first-order chi connectivity index (χ1) is 8.83. The van der Waals surface area contributed by atoms with E-state index in [0.29, 0.717) is 0 Å². The Balaban J connectivity index is 1.89. The quantitative estimate of drug-likeness (QED) is 0.839. The van der Waals surface area contributed by atoms with Gasteiger partial charge in [-0.25, -0.2) is 0 Å². The van der Waals surface area contributed by atoms with Crippen molar-refractivity contribution in [1.82, 2.24) is 4.90 Å². The molecule has 0 aliphatic carbocycles. The van der Waals surface area contributed by atoms with E-state index in [9.17, 15) is 5.11 Å². The molecule has 0 amide bonds. The molecule has 1 N–H and O–H groups in total. The van der Waals surface area contributed by atoms with Gasteiger partial charge >= 0.3 is 0 Å². The molecule has 0 bridgehead atoms. The van der Waals surface area contributed by atoms with Gasteiger partial charge in [-0.1, -0.05) is 12.1 Å². The zero-order chi connectivity index (χ0) is 12.8. The number of nitrogens with zero attached hydrogens (tertiary/aromatic N) is 1. The number of methoxy groups -OCH3 is 1. The van der Waals surface area contributed by atoms with Crippen molar-refractivity contribution in [2.24, 2.45) is 0 Å². The van der Waals surface area contributed by atoms with Gasteiger partial charge in [0.2, 0.25) is 0 Å². The van der Waals surface area contributed by atoms with Gasteiger partial charge in [-0.2, -0.15) is 0 Å². The Hall–Kier alpha value is -1.06. The molecule has 1 fully saturated rings. The normalized spacial score (nSPS) is 17.9. The summed E-state index contributed by atoms with van der Waals surface area (Å²) in [5, 5.41) is 9.53. The van der Waals surface area contributed by atoms with Crippen LogP contribution in [0.1, 0.15) is 30.7 Å². The summed E-state index contributed by atoms with van der Waals surface area (Å²) in [7, 11) is 1.67. The van der Waals surface area contributed by atoms with E-state index in [-0.39, 0.29) is 12.5 Å². The molecule has 0 aromatic heterocycles. The highest BCUT2D eigenvalue weighted by molar-refractivity contribution is 5.29. The number of aliphatic hydroxyl groups excluding tert-OH is 1. The van der Waals surface area contributed by atoms with E-state index in [0.717, 1.165) is 18.7 Å². The van der Waals surface area contributed by atoms with E-state index in [2.05, 4.69) is 17.0 Å². The van der Waals surface area contributed by atoms with Crippen LogP contribution < -0.4 is 4.74 Å². The predicted octanol–water partition coefficient (Wildman–Crippen LogP) is 2.26. The zero-order valence-electron chi connectivity index (χ0n) is 11.1. The number of hydrogen-bond acceptors (Lipinski definition) is 3. The summed E-state index contributed by atoms with van der Waals surface area (Å²) in [5.41, 5.74) is 1.21. The average Bonchev–Trinajstić information content (AvgIpc) is 2.93. The topological polar surface area (TPSA) is 32.7 Å². The molecule has 3 heteroatoms. The fourth-order valence-corrected chi connectivity index (χ4v) is 2.58. The van der Waals surface area contributed by atoms with Crippen molar-refractivity contribution in [3.63, 3.8) is 0 Å². The van der Waals surface area contributed by atoms with Gasteiger partial charge in [0.25, 0.3) is 0 Å². The van der Waals surface area contributed by atoms with Gasteiger partial charge in [0.05, 0.1) is 7.11 Å². The van der Waals surface area contributed by atoms with E-state index in [4.69, 9.17) is 4.74 Å². The highest BCUT2D eigenvalue weighted by atomic mass is 16.5. The van der Waals surface area contributed by atoms with Crippen LogP contribution in [0.2, 0.25) is 0 Å². The molecular weight excluding hydrogens is 226 g/mol. The fraction of sp³-hybridized carbons (Fsp3) is 0.600. The summed E-state index contributed by atoms with van der Waals surface area (Å²) in [6, 6.07) is 8.05. The molecule has 0 spiro atoms. The summed E-state index contributed by atoms with van der Waals surface area (Å²) >= 11 is 0. The summed E-state index contributed by atoms with van der Waals surface area (Å²) in [4.78, 5) is 2.49. The number of ether oxygens (including phenoxy) is 1. The van der Waals surface area contributed by atoms with E-state index in [1.54, 1.807) is 7.11 Å². The van der Waals surface area contributed by atoms with Crippen LogP contribution in [0.5, 0.6) is 5.75 Å². The van der Waals surface area contributed by atoms with Crippen LogP contribution in [0.25, 0.3) is 0 Å². The maximum Gasteiger partial charge on any atom is 0.118 e. The van der Waals surface area contributed by atoms with Gasteiger partial charge in [-0.05, 0) is 56.6 Å². The maximum atomic E-state index is 9.53. The van der Waals surface area contributed by atoms with E-state index in [1.807, 2.05) is 12.1 Å². The standard InChI is InChI=1S/C15H23NO2/c1-18-15-6-4-13(5-7-15)14(12-17)8-11-16-9-2-3-10-16/h4-7,14,17H,2-3,8-12H2,1H3. The van der Waals surface area contributed by atoms with Gasteiger partial charge < -0.3 is 14.7 Å². The molecule has 18 heavy (non-hydrogen) atoms. The monoisotopic (exact) mass is 249 g/mol. The Kier molecular flexibility index (Phi) is 5.02. The number of likely N-dealkylation sites (tertiary alicyclic amines) is 1. The van der Waals surface area contributed by atoms with Crippen molar-refractivity contribution in [1.29, 1.82) is 0 Å². The largest absolute Gasteiger partial charge is 0.497 e. The number of benzene rings is 1. The summed E-state index contributed by atoms with van der Waals surface area (Å²) in [6.45, 7) is 3.76. The third-order valence-corrected chi connectivity index (χ3v) is 3.80. The van der Waals surface area contributed by atoms with Crippen LogP contribution in [-0.2, 0) is 0 Å². The lowest BCUT2D eigenvalue weighted by Gasteiger charge is -2.20. The van der Waals surface area contributed by atoms with E-state index in [1.165, 1.54) is 31.5 Å². The van der Waals surface area contributed by atoms with Gasteiger partial charge in [-0.15, -0.1) is 0 Å². The molecule has 1 aromatic rings. The van der Waals surface area contributed by atoms with Crippen LogP contribution in [0.4, 0.5) is 0 Å². The number of hydrogen-bond donors (Lipinski definition) is 1. The van der Waals surface area contributed by atoms with Gasteiger partial charge in [0.1, 0.15) is 5.75 Å². The van der Waals surface area contributed by atoms with E-state index >= 15 is 0 Å². The first kappa shape index (κ1) is 13.4. The molecule has 0 radical (unpaired) electrons. The second-order valence-corrected chi connectivity index (χ2v) is 4.99. The molecule has 0 saturated carbocycles. The molecule has 100 valence electrons. The zero-order valence-corrected chi connectivity index (χ0v) is 11.1. The van der Waals surface area contributed by atoms with Crippen LogP contribution in [0.15, 0.2) is 24.3 Å². The molecule has 1 heterocycles. The van der Waals surface area contributed by atoms with Crippen molar-refractivity contribution in [3.8, 4) is 5.75 Å². The summed E-state index contributed by atoms with van der Waals surface area (Å²) in [5.74, 6) is 1.12. The van der Waals surface area contributed by atoms with Crippen molar-refractivity contribution >= 4 is 0 Å². The first-order valence-corrected chi connectivity index (χ1v) is 6.80. The molecule has 1 aliphatic rings. The van der Waals surface area contributed by atoms with Gasteiger partial charge in [0.15, 0.2) is 0 Å². The highest BCUT2D eigenvalue weighted by Gasteiger charge is 2.15.